The predicted molar refractivity (Wildman–Crippen MR) is 144 cm³/mol. The lowest BCUT2D eigenvalue weighted by Gasteiger charge is -2.25. The average Bonchev–Trinajstić information content (AvgIpc) is 3.18. The molecule has 1 heterocycles. The fraction of sp³-hybridized carbons (Fsp3) is 0.429. The molecule has 7 nitrogen and oxygen atoms in total. The quantitative estimate of drug-likeness (QED) is 0.169. The Balaban J connectivity index is 2.08. The predicted octanol–water partition coefficient (Wildman–Crippen LogP) is 6.56. The van der Waals surface area contributed by atoms with E-state index in [2.05, 4.69) is 0 Å². The summed E-state index contributed by atoms with van der Waals surface area (Å²) in [4.78, 5) is 53.1. The van der Waals surface area contributed by atoms with Gasteiger partial charge in [-0.25, -0.2) is 14.1 Å². The van der Waals surface area contributed by atoms with E-state index in [0.717, 1.165) is 25.0 Å². The minimum absolute atomic E-state index is 0.0140. The first-order valence-electron chi connectivity index (χ1n) is 12.8. The van der Waals surface area contributed by atoms with Crippen LogP contribution in [-0.4, -0.2) is 37.0 Å². The second-order valence-corrected chi connectivity index (χ2v) is 10.3. The van der Waals surface area contributed by atoms with Gasteiger partial charge in [0.1, 0.15) is 11.5 Å². The van der Waals surface area contributed by atoms with Gasteiger partial charge in [-0.05, 0) is 57.2 Å². The molecule has 210 valence electrons. The Hall–Kier alpha value is -3.11. The summed E-state index contributed by atoms with van der Waals surface area (Å²) in [5.41, 5.74) is -0.649. The van der Waals surface area contributed by atoms with Crippen molar-refractivity contribution in [2.75, 3.05) is 18.1 Å². The molecule has 0 aliphatic heterocycles. The Labute approximate surface area is 234 Å². The zero-order valence-electron chi connectivity index (χ0n) is 21.8. The van der Waals surface area contributed by atoms with Crippen LogP contribution in [0.2, 0.25) is 5.02 Å². The number of halogens is 3. The number of hydrogen-bond acceptors (Lipinski definition) is 7. The lowest BCUT2D eigenvalue weighted by atomic mass is 9.90. The van der Waals surface area contributed by atoms with Crippen molar-refractivity contribution in [1.82, 2.24) is 0 Å². The van der Waals surface area contributed by atoms with Crippen molar-refractivity contribution in [1.29, 1.82) is 0 Å². The molecule has 2 amide bonds. The molecule has 0 saturated carbocycles. The number of nitrogens with zero attached hydrogens (tertiary/aromatic N) is 1. The van der Waals surface area contributed by atoms with E-state index in [4.69, 9.17) is 21.1 Å². The normalized spacial score (nSPS) is 13.3. The summed E-state index contributed by atoms with van der Waals surface area (Å²) in [6.45, 7) is 3.92. The molecular weight excluding hydrogens is 552 g/mol. The molecule has 0 fully saturated rings. The van der Waals surface area contributed by atoms with Gasteiger partial charge in [0, 0.05) is 21.6 Å². The number of hydrogen-bond donors (Lipinski definition) is 0. The third-order valence-electron chi connectivity index (χ3n) is 6.12. The number of imide groups is 1. The van der Waals surface area contributed by atoms with Crippen molar-refractivity contribution in [3.63, 3.8) is 0 Å². The minimum Gasteiger partial charge on any atom is -0.466 e. The maximum atomic E-state index is 15.4. The van der Waals surface area contributed by atoms with Gasteiger partial charge in [-0.1, -0.05) is 37.4 Å². The number of benzene rings is 1. The zero-order valence-corrected chi connectivity index (χ0v) is 23.4. The standard InChI is InChI=1S/C28H30ClF2NO6S/c1-3-5-8-14-38-28(36)20-13-7-6-12-19(20)27(35)32(26(34)17-10-9-11-18(30)15-17)24-23(29)21(39-25(24)31)16-22(33)37-4-2/h9-11,15H,3-8,12-14,16H2,1-2H3. The van der Waals surface area contributed by atoms with Crippen molar-refractivity contribution in [3.05, 3.63) is 61.8 Å². The van der Waals surface area contributed by atoms with E-state index in [-0.39, 0.29) is 59.1 Å². The Morgan fingerprint density at radius 2 is 1.72 bits per heavy atom. The van der Waals surface area contributed by atoms with Crippen LogP contribution < -0.4 is 4.90 Å². The summed E-state index contributed by atoms with van der Waals surface area (Å²) in [5, 5.41) is -1.30. The van der Waals surface area contributed by atoms with Crippen LogP contribution in [0.15, 0.2) is 35.4 Å². The summed E-state index contributed by atoms with van der Waals surface area (Å²) in [5.74, 6) is -4.04. The van der Waals surface area contributed by atoms with Gasteiger partial charge in [-0.3, -0.25) is 14.4 Å². The largest absolute Gasteiger partial charge is 0.466 e. The fourth-order valence-electron chi connectivity index (χ4n) is 4.21. The maximum Gasteiger partial charge on any atom is 0.334 e. The van der Waals surface area contributed by atoms with Crippen LogP contribution in [0.4, 0.5) is 14.5 Å². The summed E-state index contributed by atoms with van der Waals surface area (Å²) < 4.78 is 39.7. The molecule has 0 spiro atoms. The first-order valence-corrected chi connectivity index (χ1v) is 14.0. The second-order valence-electron chi connectivity index (χ2n) is 8.91. The van der Waals surface area contributed by atoms with Crippen LogP contribution in [0.3, 0.4) is 0 Å². The van der Waals surface area contributed by atoms with E-state index in [0.29, 0.717) is 35.5 Å². The van der Waals surface area contributed by atoms with Crippen molar-refractivity contribution < 1.29 is 37.4 Å². The highest BCUT2D eigenvalue weighted by Crippen LogP contribution is 2.41. The molecule has 1 aromatic heterocycles. The van der Waals surface area contributed by atoms with Crippen molar-refractivity contribution in [3.8, 4) is 0 Å². The third-order valence-corrected chi connectivity index (χ3v) is 7.60. The molecule has 1 aromatic carbocycles. The Morgan fingerprint density at radius 3 is 2.38 bits per heavy atom. The van der Waals surface area contributed by atoms with Gasteiger partial charge in [0.25, 0.3) is 11.8 Å². The minimum atomic E-state index is -1.03. The Bertz CT molecular complexity index is 1270. The van der Waals surface area contributed by atoms with E-state index in [1.165, 1.54) is 12.1 Å². The molecular formula is C28H30ClF2NO6S. The average molecular weight is 582 g/mol. The number of esters is 2. The highest BCUT2D eigenvalue weighted by atomic mass is 35.5. The summed E-state index contributed by atoms with van der Waals surface area (Å²) >= 11 is 6.95. The molecule has 0 bridgehead atoms. The fourth-order valence-corrected chi connectivity index (χ4v) is 5.50. The molecule has 1 aliphatic rings. The number of ether oxygens (including phenoxy) is 2. The van der Waals surface area contributed by atoms with E-state index < -0.39 is 40.4 Å². The van der Waals surface area contributed by atoms with Crippen LogP contribution in [0, 0.1) is 10.9 Å². The number of rotatable bonds is 11. The SMILES string of the molecule is CCCCCOC(=O)C1=C(C(=O)N(C(=O)c2cccc(F)c2)c2c(F)sc(CC(=O)OCC)c2Cl)CCCC1. The lowest BCUT2D eigenvalue weighted by Crippen LogP contribution is -2.40. The topological polar surface area (TPSA) is 90.0 Å². The van der Waals surface area contributed by atoms with Gasteiger partial charge >= 0.3 is 11.9 Å². The molecule has 0 N–H and O–H groups in total. The molecule has 2 aromatic rings. The Kier molecular flexibility index (Phi) is 11.2. The monoisotopic (exact) mass is 581 g/mol. The van der Waals surface area contributed by atoms with Gasteiger partial charge in [0.15, 0.2) is 0 Å². The number of unbranched alkanes of at least 4 members (excludes halogenated alkanes) is 2. The van der Waals surface area contributed by atoms with Crippen LogP contribution in [0.25, 0.3) is 0 Å². The number of thiophene rings is 1. The number of anilines is 1. The van der Waals surface area contributed by atoms with E-state index in [9.17, 15) is 23.6 Å². The number of carbonyl (C=O) groups excluding carboxylic acids is 4. The first-order chi connectivity index (χ1) is 18.7. The van der Waals surface area contributed by atoms with Gasteiger partial charge in [-0.2, -0.15) is 4.39 Å². The van der Waals surface area contributed by atoms with Gasteiger partial charge in [0.05, 0.1) is 24.7 Å². The molecule has 3 rings (SSSR count). The molecule has 0 unspecified atom stereocenters. The Morgan fingerprint density at radius 1 is 1.00 bits per heavy atom. The van der Waals surface area contributed by atoms with Crippen LogP contribution in [0.1, 0.15) is 74.0 Å². The molecule has 1 aliphatic carbocycles. The smallest absolute Gasteiger partial charge is 0.334 e. The molecule has 0 radical (unpaired) electrons. The molecule has 11 heteroatoms. The molecule has 0 saturated heterocycles. The van der Waals surface area contributed by atoms with Crippen LogP contribution >= 0.6 is 22.9 Å². The van der Waals surface area contributed by atoms with E-state index in [1.54, 1.807) is 6.92 Å². The summed E-state index contributed by atoms with van der Waals surface area (Å²) in [6, 6.07) is 4.59. The summed E-state index contributed by atoms with van der Waals surface area (Å²) in [6.07, 6.45) is 3.71. The highest BCUT2D eigenvalue weighted by Gasteiger charge is 2.37. The summed E-state index contributed by atoms with van der Waals surface area (Å²) in [7, 11) is 0. The van der Waals surface area contributed by atoms with E-state index >= 15 is 4.39 Å². The maximum absolute atomic E-state index is 15.4. The first kappa shape index (κ1) is 30.4. The van der Waals surface area contributed by atoms with Gasteiger partial charge in [0.2, 0.25) is 5.13 Å². The molecule has 0 atom stereocenters. The van der Waals surface area contributed by atoms with Gasteiger partial charge < -0.3 is 9.47 Å². The van der Waals surface area contributed by atoms with Gasteiger partial charge in [-0.15, -0.1) is 11.3 Å². The number of carbonyl (C=O) groups is 4. The molecule has 39 heavy (non-hydrogen) atoms. The van der Waals surface area contributed by atoms with Crippen LogP contribution in [-0.2, 0) is 30.3 Å². The van der Waals surface area contributed by atoms with Crippen LogP contribution in [0.5, 0.6) is 0 Å². The third kappa shape index (κ3) is 7.51. The lowest BCUT2D eigenvalue weighted by molar-refractivity contribution is -0.142. The van der Waals surface area contributed by atoms with Crippen molar-refractivity contribution in [2.45, 2.75) is 65.2 Å². The zero-order chi connectivity index (χ0) is 28.5. The number of amides is 2. The van der Waals surface area contributed by atoms with Crippen molar-refractivity contribution in [2.24, 2.45) is 0 Å². The van der Waals surface area contributed by atoms with E-state index in [1.807, 2.05) is 6.92 Å². The van der Waals surface area contributed by atoms with Crippen molar-refractivity contribution >= 4 is 52.4 Å². The second kappa shape index (κ2) is 14.3. The highest BCUT2D eigenvalue weighted by molar-refractivity contribution is 7.11.